The van der Waals surface area contributed by atoms with Gasteiger partial charge in [0.1, 0.15) is 5.65 Å². The predicted octanol–water partition coefficient (Wildman–Crippen LogP) is 0.428. The van der Waals surface area contributed by atoms with E-state index in [0.717, 1.165) is 4.40 Å². The van der Waals surface area contributed by atoms with E-state index in [0.29, 0.717) is 0 Å². The third-order valence-electron chi connectivity index (χ3n) is 3.40. The molecule has 2 N–H and O–H groups in total. The number of sulfonamides is 1. The molecule has 0 aliphatic rings. The van der Waals surface area contributed by atoms with E-state index in [2.05, 4.69) is 20.3 Å². The fourth-order valence-electron chi connectivity index (χ4n) is 2.20. The zero-order chi connectivity index (χ0) is 19.7. The van der Waals surface area contributed by atoms with Crippen LogP contribution in [0.15, 0.2) is 52.9 Å². The minimum Gasteiger partial charge on any atom is -0.288 e. The van der Waals surface area contributed by atoms with Crippen LogP contribution < -0.4 is 10.0 Å². The molecular weight excluding hydrogens is 396 g/mol. The van der Waals surface area contributed by atoms with Crippen LogP contribution in [0.25, 0.3) is 5.65 Å². The molecule has 3 rings (SSSR count). The number of carbonyl (C=O) groups excluding carboxylic acids is 1. The molecule has 0 radical (unpaired) electrons. The fraction of sp³-hybridized carbons (Fsp3) is 0.143. The Kier molecular flexibility index (Phi) is 4.80. The van der Waals surface area contributed by atoms with Gasteiger partial charge in [0.25, 0.3) is 10.0 Å². The number of rotatable bonds is 5. The monoisotopic (exact) mass is 410 g/mol. The van der Waals surface area contributed by atoms with E-state index in [9.17, 15) is 21.6 Å². The summed E-state index contributed by atoms with van der Waals surface area (Å²) in [7, 11) is -8.56. The number of hydrogen-bond donors (Lipinski definition) is 2. The molecular formula is C14H14N6O5S2. The molecule has 3 aromatic rings. The molecule has 0 aromatic carbocycles. The largest absolute Gasteiger partial charge is 0.335 e. The number of carbonyl (C=O) groups is 1. The Morgan fingerprint density at radius 1 is 1.11 bits per heavy atom. The van der Waals surface area contributed by atoms with Gasteiger partial charge in [-0.1, -0.05) is 13.0 Å². The molecule has 0 aliphatic carbocycles. The molecule has 142 valence electrons. The first-order chi connectivity index (χ1) is 12.7. The van der Waals surface area contributed by atoms with Crippen molar-refractivity contribution in [2.45, 2.75) is 17.0 Å². The van der Waals surface area contributed by atoms with Gasteiger partial charge in [-0.2, -0.15) is 8.42 Å². The van der Waals surface area contributed by atoms with Gasteiger partial charge >= 0.3 is 6.03 Å². The highest BCUT2D eigenvalue weighted by Gasteiger charge is 2.33. The average molecular weight is 410 g/mol. The molecule has 3 aromatic heterocycles. The molecule has 0 saturated carbocycles. The molecule has 27 heavy (non-hydrogen) atoms. The van der Waals surface area contributed by atoms with Crippen LogP contribution in [0.2, 0.25) is 0 Å². The second-order valence-corrected chi connectivity index (χ2v) is 8.98. The van der Waals surface area contributed by atoms with Gasteiger partial charge in [-0.15, -0.1) is 0 Å². The van der Waals surface area contributed by atoms with Crippen molar-refractivity contribution in [3.05, 3.63) is 42.9 Å². The van der Waals surface area contributed by atoms with Crippen LogP contribution in [0.1, 0.15) is 6.92 Å². The first-order valence-electron chi connectivity index (χ1n) is 7.55. The lowest BCUT2D eigenvalue weighted by Gasteiger charge is -2.09. The SMILES string of the molecule is CCS(=O)(=O)c1nc2ccccn2c1S(=O)(=O)NC(=O)Nc1ncccn1. The van der Waals surface area contributed by atoms with Gasteiger partial charge in [0, 0.05) is 18.6 Å². The summed E-state index contributed by atoms with van der Waals surface area (Å²) < 4.78 is 53.0. The molecule has 0 atom stereocenters. The molecule has 0 bridgehead atoms. The van der Waals surface area contributed by atoms with Gasteiger partial charge in [-0.05, 0) is 18.2 Å². The van der Waals surface area contributed by atoms with Crippen molar-refractivity contribution >= 4 is 37.5 Å². The number of imidazole rings is 1. The number of pyridine rings is 1. The van der Waals surface area contributed by atoms with Gasteiger partial charge in [0.05, 0.1) is 5.75 Å². The molecule has 13 heteroatoms. The first-order valence-corrected chi connectivity index (χ1v) is 10.7. The third kappa shape index (κ3) is 3.73. The highest BCUT2D eigenvalue weighted by Crippen LogP contribution is 2.23. The van der Waals surface area contributed by atoms with E-state index in [1.165, 1.54) is 43.7 Å². The molecule has 3 heterocycles. The average Bonchev–Trinajstić information content (AvgIpc) is 3.03. The van der Waals surface area contributed by atoms with E-state index in [1.807, 2.05) is 0 Å². The van der Waals surface area contributed by atoms with Crippen molar-refractivity contribution in [3.8, 4) is 0 Å². The number of fused-ring (bicyclic) bond motifs is 1. The number of anilines is 1. The van der Waals surface area contributed by atoms with Gasteiger partial charge in [-0.3, -0.25) is 9.72 Å². The van der Waals surface area contributed by atoms with Crippen molar-refractivity contribution in [3.63, 3.8) is 0 Å². The van der Waals surface area contributed by atoms with Crippen molar-refractivity contribution in [2.75, 3.05) is 11.1 Å². The van der Waals surface area contributed by atoms with Gasteiger partial charge in [0.15, 0.2) is 19.9 Å². The summed E-state index contributed by atoms with van der Waals surface area (Å²) in [6, 6.07) is 4.90. The summed E-state index contributed by atoms with van der Waals surface area (Å²) in [4.78, 5) is 23.4. The summed E-state index contributed by atoms with van der Waals surface area (Å²) in [5, 5.41) is 0.869. The lowest BCUT2D eigenvalue weighted by molar-refractivity contribution is 0.256. The highest BCUT2D eigenvalue weighted by molar-refractivity contribution is 7.93. The molecule has 2 amide bonds. The lowest BCUT2D eigenvalue weighted by atomic mass is 10.5. The van der Waals surface area contributed by atoms with Crippen LogP contribution in [0.3, 0.4) is 0 Å². The van der Waals surface area contributed by atoms with Crippen molar-refractivity contribution in [2.24, 2.45) is 0 Å². The normalized spacial score (nSPS) is 12.0. The Hall–Kier alpha value is -3.06. The van der Waals surface area contributed by atoms with Crippen molar-refractivity contribution in [1.29, 1.82) is 0 Å². The maximum Gasteiger partial charge on any atom is 0.335 e. The van der Waals surface area contributed by atoms with E-state index in [1.54, 1.807) is 10.8 Å². The number of amides is 2. The number of nitrogens with one attached hydrogen (secondary N) is 2. The van der Waals surface area contributed by atoms with Gasteiger partial charge < -0.3 is 0 Å². The van der Waals surface area contributed by atoms with Crippen LogP contribution in [0.5, 0.6) is 0 Å². The number of aromatic nitrogens is 4. The number of hydrogen-bond acceptors (Lipinski definition) is 8. The zero-order valence-corrected chi connectivity index (χ0v) is 15.5. The Bertz CT molecular complexity index is 1210. The van der Waals surface area contributed by atoms with Crippen LogP contribution >= 0.6 is 0 Å². The molecule has 0 aliphatic heterocycles. The summed E-state index contributed by atoms with van der Waals surface area (Å²) >= 11 is 0. The Labute approximate surface area is 154 Å². The second-order valence-electron chi connectivity index (χ2n) is 5.19. The van der Waals surface area contributed by atoms with Crippen molar-refractivity contribution in [1.82, 2.24) is 24.1 Å². The van der Waals surface area contributed by atoms with Crippen LogP contribution in [-0.4, -0.2) is 48.0 Å². The summed E-state index contributed by atoms with van der Waals surface area (Å²) in [6.45, 7) is 1.36. The van der Waals surface area contributed by atoms with Gasteiger partial charge in [-0.25, -0.2) is 32.9 Å². The lowest BCUT2D eigenvalue weighted by Crippen LogP contribution is -2.36. The number of urea groups is 1. The maximum atomic E-state index is 12.8. The maximum absolute atomic E-state index is 12.8. The Balaban J connectivity index is 2.05. The minimum atomic E-state index is -4.58. The fourth-order valence-corrected chi connectivity index (χ4v) is 4.86. The highest BCUT2D eigenvalue weighted by atomic mass is 32.2. The smallest absolute Gasteiger partial charge is 0.288 e. The van der Waals surface area contributed by atoms with Gasteiger partial charge in [0.2, 0.25) is 5.95 Å². The van der Waals surface area contributed by atoms with E-state index in [-0.39, 0.29) is 17.3 Å². The predicted molar refractivity (Wildman–Crippen MR) is 94.3 cm³/mol. The Morgan fingerprint density at radius 3 is 2.48 bits per heavy atom. The molecule has 0 fully saturated rings. The van der Waals surface area contributed by atoms with Crippen LogP contribution in [0, 0.1) is 0 Å². The summed E-state index contributed by atoms with van der Waals surface area (Å²) in [6.07, 6.45) is 4.05. The quantitative estimate of drug-likeness (QED) is 0.614. The van der Waals surface area contributed by atoms with Crippen LogP contribution in [0.4, 0.5) is 10.7 Å². The molecule has 0 saturated heterocycles. The third-order valence-corrected chi connectivity index (χ3v) is 6.52. The number of sulfone groups is 1. The zero-order valence-electron chi connectivity index (χ0n) is 13.9. The minimum absolute atomic E-state index is 0.108. The second kappa shape index (κ2) is 6.92. The molecule has 0 spiro atoms. The van der Waals surface area contributed by atoms with E-state index < -0.39 is 35.9 Å². The first kappa shape index (κ1) is 18.7. The van der Waals surface area contributed by atoms with E-state index in [4.69, 9.17) is 0 Å². The Morgan fingerprint density at radius 2 is 1.81 bits per heavy atom. The summed E-state index contributed by atoms with van der Waals surface area (Å²) in [5.41, 5.74) is 0.108. The standard InChI is InChI=1S/C14H14N6O5S2/c1-2-26(22,23)11-12(20-9-4-3-6-10(20)17-11)27(24,25)19-14(21)18-13-15-7-5-8-16-13/h3-9H,2H2,1H3,(H2,15,16,18,19,21). The molecule has 0 unspecified atom stereocenters. The molecule has 11 nitrogen and oxygen atoms in total. The summed E-state index contributed by atoms with van der Waals surface area (Å²) in [5.74, 6) is -0.478. The van der Waals surface area contributed by atoms with Crippen molar-refractivity contribution < 1.29 is 21.6 Å². The van der Waals surface area contributed by atoms with Crippen LogP contribution in [-0.2, 0) is 19.9 Å². The van der Waals surface area contributed by atoms with E-state index >= 15 is 0 Å². The number of nitrogens with zero attached hydrogens (tertiary/aromatic N) is 4. The topological polar surface area (TPSA) is 152 Å².